The van der Waals surface area contributed by atoms with Gasteiger partial charge in [0.1, 0.15) is 0 Å². The van der Waals surface area contributed by atoms with Crippen molar-refractivity contribution in [3.8, 4) is 0 Å². The predicted octanol–water partition coefficient (Wildman–Crippen LogP) is 2.27. The summed E-state index contributed by atoms with van der Waals surface area (Å²) in [5, 5.41) is 0. The van der Waals surface area contributed by atoms with Gasteiger partial charge in [0.25, 0.3) is 0 Å². The molecule has 0 spiro atoms. The Balaban J connectivity index is 1.97. The normalized spacial score (nSPS) is 54.0. The third-order valence-electron chi connectivity index (χ3n) is 6.08. The monoisotopic (exact) mass is 222 g/mol. The lowest BCUT2D eigenvalue weighted by molar-refractivity contribution is -0.126. The number of rotatable bonds is 2. The molecule has 0 radical (unpaired) electrons. The summed E-state index contributed by atoms with van der Waals surface area (Å²) in [5.74, 6) is 1.86. The van der Waals surface area contributed by atoms with Crippen LogP contribution in [-0.4, -0.2) is 12.1 Å². The molecule has 4 fully saturated rings. The van der Waals surface area contributed by atoms with Gasteiger partial charge in [-0.1, -0.05) is 0 Å². The Labute approximate surface area is 99.1 Å². The molecule has 0 amide bonds. The van der Waals surface area contributed by atoms with Crippen molar-refractivity contribution in [1.82, 2.24) is 0 Å². The van der Waals surface area contributed by atoms with E-state index in [0.29, 0.717) is 22.9 Å². The quantitative estimate of drug-likeness (QED) is 0.753. The zero-order valence-electron chi connectivity index (χ0n) is 10.7. The van der Waals surface area contributed by atoms with Crippen molar-refractivity contribution in [2.75, 3.05) is 0 Å². The Kier molecular flexibility index (Phi) is 2.23. The van der Waals surface area contributed by atoms with Crippen molar-refractivity contribution < 1.29 is 0 Å². The molecule has 2 nitrogen and oxygen atoms in total. The molecule has 92 valence electrons. The van der Waals surface area contributed by atoms with E-state index in [0.717, 1.165) is 11.8 Å². The third kappa shape index (κ3) is 1.32. The molecule has 4 aliphatic rings. The van der Waals surface area contributed by atoms with Crippen LogP contribution in [0, 0.1) is 22.7 Å². The number of hydrogen-bond donors (Lipinski definition) is 2. The molecular weight excluding hydrogens is 196 g/mol. The maximum atomic E-state index is 6.31. The molecule has 4 aliphatic carbocycles. The SMILES string of the molecule is C[C@H](N)C12CC3CC(C1)CC([C@H](C)N)(C3)C2. The largest absolute Gasteiger partial charge is 0.327 e. The van der Waals surface area contributed by atoms with Gasteiger partial charge in [-0.2, -0.15) is 0 Å². The van der Waals surface area contributed by atoms with E-state index in [9.17, 15) is 0 Å². The first-order valence-electron chi connectivity index (χ1n) is 6.97. The van der Waals surface area contributed by atoms with Crippen molar-refractivity contribution in [1.29, 1.82) is 0 Å². The van der Waals surface area contributed by atoms with E-state index in [1.165, 1.54) is 38.5 Å². The van der Waals surface area contributed by atoms with Crippen molar-refractivity contribution in [3.05, 3.63) is 0 Å². The molecular formula is C14H26N2. The van der Waals surface area contributed by atoms with Crippen molar-refractivity contribution in [2.24, 2.45) is 34.1 Å². The topological polar surface area (TPSA) is 52.0 Å². The van der Waals surface area contributed by atoms with Gasteiger partial charge in [0.15, 0.2) is 0 Å². The Morgan fingerprint density at radius 2 is 1.25 bits per heavy atom. The molecule has 0 heterocycles. The van der Waals surface area contributed by atoms with E-state index in [4.69, 9.17) is 11.5 Å². The van der Waals surface area contributed by atoms with Crippen LogP contribution in [0.3, 0.4) is 0 Å². The fourth-order valence-electron chi connectivity index (χ4n) is 5.47. The molecule has 4 saturated carbocycles. The molecule has 0 saturated heterocycles. The summed E-state index contributed by atoms with van der Waals surface area (Å²) in [6, 6.07) is 0.716. The van der Waals surface area contributed by atoms with E-state index < -0.39 is 0 Å². The first-order valence-corrected chi connectivity index (χ1v) is 6.97. The van der Waals surface area contributed by atoms with Gasteiger partial charge in [0, 0.05) is 12.1 Å². The fourth-order valence-corrected chi connectivity index (χ4v) is 5.47. The Morgan fingerprint density at radius 3 is 1.56 bits per heavy atom. The lowest BCUT2D eigenvalue weighted by atomic mass is 9.41. The van der Waals surface area contributed by atoms with Crippen LogP contribution in [0.2, 0.25) is 0 Å². The van der Waals surface area contributed by atoms with Crippen LogP contribution in [-0.2, 0) is 0 Å². The van der Waals surface area contributed by atoms with Crippen molar-refractivity contribution in [3.63, 3.8) is 0 Å². The number of hydrogen-bond acceptors (Lipinski definition) is 2. The summed E-state index contributed by atoms with van der Waals surface area (Å²) in [4.78, 5) is 0. The predicted molar refractivity (Wildman–Crippen MR) is 66.8 cm³/mol. The first-order chi connectivity index (χ1) is 7.46. The van der Waals surface area contributed by atoms with Crippen LogP contribution in [0.5, 0.6) is 0 Å². The zero-order valence-corrected chi connectivity index (χ0v) is 10.7. The summed E-state index contributed by atoms with van der Waals surface area (Å²) in [7, 11) is 0. The summed E-state index contributed by atoms with van der Waals surface area (Å²) < 4.78 is 0. The van der Waals surface area contributed by atoms with E-state index in [-0.39, 0.29) is 0 Å². The van der Waals surface area contributed by atoms with Gasteiger partial charge in [-0.15, -0.1) is 0 Å². The molecule has 0 aromatic rings. The average molecular weight is 222 g/mol. The van der Waals surface area contributed by atoms with E-state index in [1.807, 2.05) is 0 Å². The molecule has 0 aliphatic heterocycles. The standard InChI is InChI=1S/C14H26N2/c1-9(15)13-4-11-3-12(5-13)7-14(6-11,8-13)10(2)16/h9-12H,3-8,15-16H2,1-2H3/t9-,10-,11?,12?,13?,14?/m0/s1. The van der Waals surface area contributed by atoms with Gasteiger partial charge < -0.3 is 11.5 Å². The van der Waals surface area contributed by atoms with Crippen LogP contribution in [0.15, 0.2) is 0 Å². The lowest BCUT2D eigenvalue weighted by Gasteiger charge is -2.64. The minimum atomic E-state index is 0.358. The minimum Gasteiger partial charge on any atom is -0.327 e. The highest BCUT2D eigenvalue weighted by molar-refractivity contribution is 5.11. The third-order valence-corrected chi connectivity index (χ3v) is 6.08. The smallest absolute Gasteiger partial charge is 0.00674 e. The van der Waals surface area contributed by atoms with E-state index >= 15 is 0 Å². The van der Waals surface area contributed by atoms with Gasteiger partial charge in [0.2, 0.25) is 0 Å². The summed E-state index contributed by atoms with van der Waals surface area (Å²) >= 11 is 0. The Hall–Kier alpha value is -0.0800. The van der Waals surface area contributed by atoms with Gasteiger partial charge >= 0.3 is 0 Å². The van der Waals surface area contributed by atoms with Gasteiger partial charge in [-0.25, -0.2) is 0 Å². The molecule has 4 rings (SSSR count). The second-order valence-electron chi connectivity index (χ2n) is 7.26. The maximum Gasteiger partial charge on any atom is 0.00674 e. The highest BCUT2D eigenvalue weighted by Gasteiger charge is 2.59. The summed E-state index contributed by atoms with van der Waals surface area (Å²) in [6.45, 7) is 4.45. The average Bonchev–Trinajstić information content (AvgIpc) is 2.14. The minimum absolute atomic E-state index is 0.358. The van der Waals surface area contributed by atoms with Gasteiger partial charge in [-0.3, -0.25) is 0 Å². The van der Waals surface area contributed by atoms with Crippen molar-refractivity contribution >= 4 is 0 Å². The lowest BCUT2D eigenvalue weighted by Crippen LogP contribution is -2.61. The van der Waals surface area contributed by atoms with Crippen LogP contribution < -0.4 is 11.5 Å². The second kappa shape index (κ2) is 3.23. The van der Waals surface area contributed by atoms with Crippen molar-refractivity contribution in [2.45, 2.75) is 64.5 Å². The molecule has 16 heavy (non-hydrogen) atoms. The summed E-state index contributed by atoms with van der Waals surface area (Å²) in [6.07, 6.45) is 8.31. The molecule has 0 unspecified atom stereocenters. The number of nitrogens with two attached hydrogens (primary N) is 2. The second-order valence-corrected chi connectivity index (χ2v) is 7.26. The highest BCUT2D eigenvalue weighted by Crippen LogP contribution is 2.66. The molecule has 2 heteroatoms. The summed E-state index contributed by atoms with van der Waals surface area (Å²) in [5.41, 5.74) is 13.5. The van der Waals surface area contributed by atoms with Crippen LogP contribution >= 0.6 is 0 Å². The molecule has 4 N–H and O–H groups in total. The van der Waals surface area contributed by atoms with Gasteiger partial charge in [0.05, 0.1) is 0 Å². The first kappa shape index (κ1) is 11.0. The molecule has 2 atom stereocenters. The molecule has 0 aromatic carbocycles. The van der Waals surface area contributed by atoms with E-state index in [2.05, 4.69) is 13.8 Å². The Bertz CT molecular complexity index is 255. The molecule has 4 bridgehead atoms. The highest BCUT2D eigenvalue weighted by atomic mass is 14.8. The Morgan fingerprint density at radius 1 is 0.875 bits per heavy atom. The molecule has 0 aromatic heterocycles. The van der Waals surface area contributed by atoms with Crippen LogP contribution in [0.1, 0.15) is 52.4 Å². The maximum absolute atomic E-state index is 6.31. The zero-order chi connectivity index (χ0) is 11.6. The van der Waals surface area contributed by atoms with Crippen LogP contribution in [0.25, 0.3) is 0 Å². The van der Waals surface area contributed by atoms with Gasteiger partial charge in [-0.05, 0) is 75.0 Å². The van der Waals surface area contributed by atoms with Crippen LogP contribution in [0.4, 0.5) is 0 Å². The fraction of sp³-hybridized carbons (Fsp3) is 1.00. The van der Waals surface area contributed by atoms with E-state index in [1.54, 1.807) is 0 Å².